The quantitative estimate of drug-likeness (QED) is 0.532. The molecule has 0 aromatic carbocycles. The van der Waals surface area contributed by atoms with Crippen molar-refractivity contribution in [3.63, 3.8) is 0 Å². The lowest BCUT2D eigenvalue weighted by molar-refractivity contribution is -0.269. The molecule has 0 heterocycles. The molecule has 1 aliphatic rings. The second-order valence-electron chi connectivity index (χ2n) is 6.04. The van der Waals surface area contributed by atoms with Crippen LogP contribution in [0, 0.1) is 22.7 Å². The lowest BCUT2D eigenvalue weighted by Crippen LogP contribution is -2.62. The summed E-state index contributed by atoms with van der Waals surface area (Å²) < 4.78 is 74.9. The van der Waals surface area contributed by atoms with Gasteiger partial charge >= 0.3 is 12.4 Å². The van der Waals surface area contributed by atoms with Crippen LogP contribution in [0.3, 0.4) is 0 Å². The van der Waals surface area contributed by atoms with Crippen molar-refractivity contribution in [2.75, 3.05) is 0 Å². The third-order valence-corrected chi connectivity index (χ3v) is 5.12. The van der Waals surface area contributed by atoms with E-state index < -0.39 is 47.9 Å². The van der Waals surface area contributed by atoms with Gasteiger partial charge in [-0.1, -0.05) is 41.5 Å². The van der Waals surface area contributed by atoms with Gasteiger partial charge in [-0.15, -0.1) is 0 Å². The van der Waals surface area contributed by atoms with Crippen molar-refractivity contribution in [1.82, 2.24) is 0 Å². The highest BCUT2D eigenvalue weighted by molar-refractivity contribution is 5.10. The van der Waals surface area contributed by atoms with Crippen LogP contribution < -0.4 is 0 Å². The number of alkyl halides is 6. The van der Waals surface area contributed by atoms with Crippen molar-refractivity contribution in [3.05, 3.63) is 0 Å². The zero-order valence-electron chi connectivity index (χ0n) is 12.8. The Morgan fingerprint density at radius 1 is 0.700 bits per heavy atom. The zero-order chi connectivity index (χ0) is 16.6. The van der Waals surface area contributed by atoms with E-state index in [-0.39, 0.29) is 0 Å². The van der Waals surface area contributed by atoms with Gasteiger partial charge in [-0.25, -0.2) is 0 Å². The maximum atomic E-state index is 12.5. The Hall–Kier alpha value is -0.420. The van der Waals surface area contributed by atoms with Crippen molar-refractivity contribution in [2.45, 2.75) is 66.7 Å². The van der Waals surface area contributed by atoms with E-state index in [9.17, 15) is 26.3 Å². The van der Waals surface area contributed by atoms with Crippen LogP contribution >= 0.6 is 0 Å². The number of hydrogen-bond acceptors (Lipinski definition) is 0. The molecule has 20 heavy (non-hydrogen) atoms. The third kappa shape index (κ3) is 3.82. The fourth-order valence-electron chi connectivity index (χ4n) is 3.64. The molecule has 0 aromatic rings. The minimum atomic E-state index is -4.34. The summed E-state index contributed by atoms with van der Waals surface area (Å²) in [5.74, 6) is -1.22. The van der Waals surface area contributed by atoms with Gasteiger partial charge in [0.25, 0.3) is 0 Å². The van der Waals surface area contributed by atoms with Crippen molar-refractivity contribution < 1.29 is 26.3 Å². The van der Waals surface area contributed by atoms with Gasteiger partial charge in [0.2, 0.25) is 0 Å². The van der Waals surface area contributed by atoms with Crippen molar-refractivity contribution in [3.8, 4) is 0 Å². The first kappa shape index (κ1) is 19.6. The SMILES string of the molecule is CC.CC1C(C)(CC(F)(F)F)C(C)C1(C)CC(F)(F)F. The highest BCUT2D eigenvalue weighted by atomic mass is 19.4. The zero-order valence-corrected chi connectivity index (χ0v) is 12.8. The molecule has 0 nitrogen and oxygen atoms in total. The largest absolute Gasteiger partial charge is 0.389 e. The maximum absolute atomic E-state index is 12.5. The van der Waals surface area contributed by atoms with Gasteiger partial charge in [0.1, 0.15) is 0 Å². The molecule has 0 aromatic heterocycles. The minimum absolute atomic E-state index is 0.608. The predicted molar refractivity (Wildman–Crippen MR) is 67.2 cm³/mol. The van der Waals surface area contributed by atoms with Crippen molar-refractivity contribution in [2.24, 2.45) is 22.7 Å². The Morgan fingerprint density at radius 2 is 0.900 bits per heavy atom. The molecule has 0 saturated heterocycles. The van der Waals surface area contributed by atoms with Gasteiger partial charge in [-0.3, -0.25) is 0 Å². The molecule has 0 aliphatic heterocycles. The Bertz CT molecular complexity index is 275. The highest BCUT2D eigenvalue weighted by Gasteiger charge is 2.66. The lowest BCUT2D eigenvalue weighted by Gasteiger charge is -2.65. The summed E-state index contributed by atoms with van der Waals surface area (Å²) in [6.07, 6.45) is -10.7. The van der Waals surface area contributed by atoms with Crippen LogP contribution in [0.15, 0.2) is 0 Å². The molecular weight excluding hydrogens is 282 g/mol. The summed E-state index contributed by atoms with van der Waals surface area (Å²) >= 11 is 0. The van der Waals surface area contributed by atoms with E-state index in [4.69, 9.17) is 0 Å². The van der Waals surface area contributed by atoms with Crippen LogP contribution in [0.1, 0.15) is 54.4 Å². The molecule has 0 unspecified atom stereocenters. The summed E-state index contributed by atoms with van der Waals surface area (Å²) in [6, 6.07) is 0. The summed E-state index contributed by atoms with van der Waals surface area (Å²) in [5.41, 5.74) is -2.20. The van der Waals surface area contributed by atoms with E-state index in [1.165, 1.54) is 27.7 Å². The monoisotopic (exact) mass is 306 g/mol. The Kier molecular flexibility index (Phi) is 5.64. The Labute approximate surface area is 116 Å². The third-order valence-electron chi connectivity index (χ3n) is 5.12. The summed E-state index contributed by atoms with van der Waals surface area (Å²) in [6.45, 7) is 9.87. The highest BCUT2D eigenvalue weighted by Crippen LogP contribution is 2.69. The van der Waals surface area contributed by atoms with Crippen LogP contribution in [0.5, 0.6) is 0 Å². The molecule has 1 aliphatic carbocycles. The molecule has 6 heteroatoms. The predicted octanol–water partition coefficient (Wildman–Crippen LogP) is 6.22. The summed E-state index contributed by atoms with van der Waals surface area (Å²) in [5, 5.41) is 0. The molecule has 0 amide bonds. The fraction of sp³-hybridized carbons (Fsp3) is 1.00. The molecule has 0 N–H and O–H groups in total. The number of halogens is 6. The lowest BCUT2D eigenvalue weighted by atomic mass is 9.39. The molecule has 0 radical (unpaired) electrons. The first-order chi connectivity index (χ1) is 8.72. The molecule has 1 rings (SSSR count). The van der Waals surface area contributed by atoms with E-state index in [0.717, 1.165) is 0 Å². The molecule has 122 valence electrons. The topological polar surface area (TPSA) is 0 Å². The van der Waals surface area contributed by atoms with Gasteiger partial charge in [-0.2, -0.15) is 26.3 Å². The molecule has 1 saturated carbocycles. The maximum Gasteiger partial charge on any atom is 0.389 e. The van der Waals surface area contributed by atoms with E-state index >= 15 is 0 Å². The number of rotatable bonds is 2. The van der Waals surface area contributed by atoms with Crippen molar-refractivity contribution >= 4 is 0 Å². The standard InChI is InChI=1S/C12H18F6.C2H6/c1-7-9(3,5-11(13,14)15)8(2)10(7,4)6-12(16,17)18;1-2/h7-8H,5-6H2,1-4H3;1-2H3. The van der Waals surface area contributed by atoms with Gasteiger partial charge in [0.05, 0.1) is 0 Å². The summed E-state index contributed by atoms with van der Waals surface area (Å²) in [7, 11) is 0. The van der Waals surface area contributed by atoms with E-state index in [2.05, 4.69) is 0 Å². The second kappa shape index (κ2) is 5.76. The normalized spacial score (nSPS) is 37.8. The van der Waals surface area contributed by atoms with Gasteiger partial charge in [0, 0.05) is 12.8 Å². The minimum Gasteiger partial charge on any atom is -0.171 e. The Balaban J connectivity index is 0.00000172. The van der Waals surface area contributed by atoms with E-state index in [0.29, 0.717) is 0 Å². The van der Waals surface area contributed by atoms with Gasteiger partial charge in [-0.05, 0) is 22.7 Å². The fourth-order valence-corrected chi connectivity index (χ4v) is 3.64. The molecule has 1 fully saturated rings. The molecule has 0 spiro atoms. The first-order valence-electron chi connectivity index (χ1n) is 6.86. The van der Waals surface area contributed by atoms with Crippen LogP contribution in [0.2, 0.25) is 0 Å². The van der Waals surface area contributed by atoms with E-state index in [1.807, 2.05) is 13.8 Å². The summed E-state index contributed by atoms with van der Waals surface area (Å²) in [4.78, 5) is 0. The van der Waals surface area contributed by atoms with Crippen LogP contribution in [-0.2, 0) is 0 Å². The van der Waals surface area contributed by atoms with Crippen LogP contribution in [-0.4, -0.2) is 12.4 Å². The molecule has 0 atom stereocenters. The van der Waals surface area contributed by atoms with Crippen LogP contribution in [0.25, 0.3) is 0 Å². The van der Waals surface area contributed by atoms with Gasteiger partial charge < -0.3 is 0 Å². The van der Waals surface area contributed by atoms with Crippen LogP contribution in [0.4, 0.5) is 26.3 Å². The Morgan fingerprint density at radius 3 is 1.05 bits per heavy atom. The molecule has 0 bridgehead atoms. The average molecular weight is 306 g/mol. The molecular formula is C14H24F6. The van der Waals surface area contributed by atoms with Crippen molar-refractivity contribution in [1.29, 1.82) is 0 Å². The first-order valence-corrected chi connectivity index (χ1v) is 6.86. The van der Waals surface area contributed by atoms with Gasteiger partial charge in [0.15, 0.2) is 0 Å². The van der Waals surface area contributed by atoms with E-state index in [1.54, 1.807) is 0 Å². The smallest absolute Gasteiger partial charge is 0.171 e. The second-order valence-corrected chi connectivity index (χ2v) is 6.04. The average Bonchev–Trinajstić information content (AvgIpc) is 2.25. The number of hydrogen-bond donors (Lipinski definition) is 0.